The van der Waals surface area contributed by atoms with E-state index in [-0.39, 0.29) is 6.10 Å². The fourth-order valence-corrected chi connectivity index (χ4v) is 1.84. The van der Waals surface area contributed by atoms with Gasteiger partial charge in [0.05, 0.1) is 30.0 Å². The number of nitrogens with two attached hydrogens (primary N) is 1. The largest absolute Gasteiger partial charge is 0.399 e. The summed E-state index contributed by atoms with van der Waals surface area (Å²) >= 11 is 0. The molecule has 0 radical (unpaired) electrons. The van der Waals surface area contributed by atoms with E-state index in [1.807, 2.05) is 31.5 Å². The number of imidazole rings is 1. The molecule has 0 amide bonds. The average molecular weight is 219 g/mol. The molecule has 0 saturated heterocycles. The number of fused-ring (bicyclic) bond motifs is 1. The van der Waals surface area contributed by atoms with E-state index in [9.17, 15) is 0 Å². The highest BCUT2D eigenvalue weighted by Gasteiger charge is 2.06. The summed E-state index contributed by atoms with van der Waals surface area (Å²) in [6, 6.07) is 5.78. The van der Waals surface area contributed by atoms with Crippen LogP contribution in [0.2, 0.25) is 0 Å². The van der Waals surface area contributed by atoms with E-state index in [0.29, 0.717) is 0 Å². The molecule has 1 aromatic heterocycles. The SMILES string of the molecule is CCOC(C)Cn1cnc2cc(N)ccc21. The fraction of sp³-hybridized carbons (Fsp3) is 0.417. The van der Waals surface area contributed by atoms with Crippen molar-refractivity contribution in [3.8, 4) is 0 Å². The molecule has 0 aliphatic carbocycles. The maximum atomic E-state index is 5.71. The summed E-state index contributed by atoms with van der Waals surface area (Å²) in [4.78, 5) is 4.32. The molecule has 0 fully saturated rings. The van der Waals surface area contributed by atoms with Crippen LogP contribution in [0.1, 0.15) is 13.8 Å². The number of aromatic nitrogens is 2. The van der Waals surface area contributed by atoms with E-state index in [0.717, 1.165) is 29.9 Å². The van der Waals surface area contributed by atoms with Crippen LogP contribution in [-0.2, 0) is 11.3 Å². The zero-order chi connectivity index (χ0) is 11.5. The van der Waals surface area contributed by atoms with Crippen LogP contribution in [-0.4, -0.2) is 22.3 Å². The van der Waals surface area contributed by atoms with Gasteiger partial charge in [0.25, 0.3) is 0 Å². The first-order valence-electron chi connectivity index (χ1n) is 5.52. The van der Waals surface area contributed by atoms with E-state index in [4.69, 9.17) is 10.5 Å². The molecule has 1 atom stereocenters. The molecule has 0 spiro atoms. The standard InChI is InChI=1S/C12H17N3O/c1-3-16-9(2)7-15-8-14-11-6-10(13)4-5-12(11)15/h4-6,8-9H,3,7,13H2,1-2H3. The molecular weight excluding hydrogens is 202 g/mol. The van der Waals surface area contributed by atoms with Gasteiger partial charge < -0.3 is 15.0 Å². The van der Waals surface area contributed by atoms with Crippen LogP contribution < -0.4 is 5.73 Å². The number of nitrogen functional groups attached to an aromatic ring is 1. The first kappa shape index (κ1) is 11.0. The molecule has 2 rings (SSSR count). The topological polar surface area (TPSA) is 53.1 Å². The molecule has 1 unspecified atom stereocenters. The summed E-state index contributed by atoms with van der Waals surface area (Å²) in [5.41, 5.74) is 8.49. The maximum absolute atomic E-state index is 5.71. The van der Waals surface area contributed by atoms with Gasteiger partial charge in [-0.1, -0.05) is 0 Å². The van der Waals surface area contributed by atoms with Crippen LogP contribution in [0.25, 0.3) is 11.0 Å². The van der Waals surface area contributed by atoms with Crippen molar-refractivity contribution in [2.24, 2.45) is 0 Å². The Kier molecular flexibility index (Phi) is 3.10. The highest BCUT2D eigenvalue weighted by molar-refractivity contribution is 5.78. The Hall–Kier alpha value is -1.55. The van der Waals surface area contributed by atoms with Gasteiger partial charge in [-0.2, -0.15) is 0 Å². The number of anilines is 1. The molecule has 1 aromatic carbocycles. The molecule has 4 nitrogen and oxygen atoms in total. The number of ether oxygens (including phenoxy) is 1. The van der Waals surface area contributed by atoms with Crippen molar-refractivity contribution in [1.29, 1.82) is 0 Å². The second-order valence-electron chi connectivity index (χ2n) is 3.91. The van der Waals surface area contributed by atoms with E-state index >= 15 is 0 Å². The van der Waals surface area contributed by atoms with Gasteiger partial charge in [-0.25, -0.2) is 4.98 Å². The molecule has 86 valence electrons. The van der Waals surface area contributed by atoms with Gasteiger partial charge in [-0.15, -0.1) is 0 Å². The summed E-state index contributed by atoms with van der Waals surface area (Å²) in [5.74, 6) is 0. The van der Waals surface area contributed by atoms with Crippen LogP contribution in [0.3, 0.4) is 0 Å². The first-order chi connectivity index (χ1) is 7.70. The minimum Gasteiger partial charge on any atom is -0.399 e. The van der Waals surface area contributed by atoms with Gasteiger partial charge >= 0.3 is 0 Å². The predicted octanol–water partition coefficient (Wildman–Crippen LogP) is 2.04. The normalized spacial score (nSPS) is 13.1. The molecule has 0 aliphatic heterocycles. The molecular formula is C12H17N3O. The average Bonchev–Trinajstić information content (AvgIpc) is 2.61. The van der Waals surface area contributed by atoms with Crippen LogP contribution in [0.4, 0.5) is 5.69 Å². The van der Waals surface area contributed by atoms with Crippen LogP contribution in [0, 0.1) is 0 Å². The monoisotopic (exact) mass is 219 g/mol. The quantitative estimate of drug-likeness (QED) is 0.801. The summed E-state index contributed by atoms with van der Waals surface area (Å²) < 4.78 is 7.61. The van der Waals surface area contributed by atoms with Crippen molar-refractivity contribution in [2.45, 2.75) is 26.5 Å². The van der Waals surface area contributed by atoms with E-state index in [1.165, 1.54) is 0 Å². The number of nitrogens with zero attached hydrogens (tertiary/aromatic N) is 2. The van der Waals surface area contributed by atoms with Gasteiger partial charge in [-0.3, -0.25) is 0 Å². The maximum Gasteiger partial charge on any atom is 0.0959 e. The lowest BCUT2D eigenvalue weighted by Gasteiger charge is -2.12. The third-order valence-electron chi connectivity index (χ3n) is 2.55. The van der Waals surface area contributed by atoms with Crippen molar-refractivity contribution >= 4 is 16.7 Å². The molecule has 2 N–H and O–H groups in total. The van der Waals surface area contributed by atoms with Gasteiger partial charge in [-0.05, 0) is 32.0 Å². The number of hydrogen-bond acceptors (Lipinski definition) is 3. The van der Waals surface area contributed by atoms with E-state index in [1.54, 1.807) is 0 Å². The third-order valence-corrected chi connectivity index (χ3v) is 2.55. The fourth-order valence-electron chi connectivity index (χ4n) is 1.84. The molecule has 1 heterocycles. The van der Waals surface area contributed by atoms with E-state index in [2.05, 4.69) is 16.5 Å². The Morgan fingerprint density at radius 3 is 3.06 bits per heavy atom. The Morgan fingerprint density at radius 2 is 2.31 bits per heavy atom. The molecule has 16 heavy (non-hydrogen) atoms. The Balaban J connectivity index is 2.25. The zero-order valence-corrected chi connectivity index (χ0v) is 9.68. The van der Waals surface area contributed by atoms with E-state index < -0.39 is 0 Å². The van der Waals surface area contributed by atoms with Crippen LogP contribution in [0.15, 0.2) is 24.5 Å². The zero-order valence-electron chi connectivity index (χ0n) is 9.68. The van der Waals surface area contributed by atoms with Crippen molar-refractivity contribution in [3.05, 3.63) is 24.5 Å². The summed E-state index contributed by atoms with van der Waals surface area (Å²) in [7, 11) is 0. The molecule has 0 saturated carbocycles. The summed E-state index contributed by atoms with van der Waals surface area (Å²) in [5, 5.41) is 0. The van der Waals surface area contributed by atoms with Gasteiger partial charge in [0.2, 0.25) is 0 Å². The Labute approximate surface area is 95.0 Å². The lowest BCUT2D eigenvalue weighted by atomic mass is 10.3. The lowest BCUT2D eigenvalue weighted by Crippen LogP contribution is -2.15. The molecule has 2 aromatic rings. The van der Waals surface area contributed by atoms with Crippen LogP contribution >= 0.6 is 0 Å². The minimum atomic E-state index is 0.194. The van der Waals surface area contributed by atoms with Gasteiger partial charge in [0.15, 0.2) is 0 Å². The third kappa shape index (κ3) is 2.17. The molecule has 0 bridgehead atoms. The van der Waals surface area contributed by atoms with Gasteiger partial charge in [0, 0.05) is 12.3 Å². The van der Waals surface area contributed by atoms with Crippen molar-refractivity contribution in [1.82, 2.24) is 9.55 Å². The van der Waals surface area contributed by atoms with Crippen LogP contribution in [0.5, 0.6) is 0 Å². The second kappa shape index (κ2) is 4.53. The van der Waals surface area contributed by atoms with Gasteiger partial charge in [0.1, 0.15) is 0 Å². The predicted molar refractivity (Wildman–Crippen MR) is 65.2 cm³/mol. The Bertz CT molecular complexity index is 478. The Morgan fingerprint density at radius 1 is 1.50 bits per heavy atom. The first-order valence-corrected chi connectivity index (χ1v) is 5.52. The molecule has 0 aliphatic rings. The lowest BCUT2D eigenvalue weighted by molar-refractivity contribution is 0.0648. The second-order valence-corrected chi connectivity index (χ2v) is 3.91. The number of rotatable bonds is 4. The number of benzene rings is 1. The smallest absolute Gasteiger partial charge is 0.0959 e. The highest BCUT2D eigenvalue weighted by atomic mass is 16.5. The van der Waals surface area contributed by atoms with Crippen molar-refractivity contribution < 1.29 is 4.74 Å². The highest BCUT2D eigenvalue weighted by Crippen LogP contribution is 2.16. The molecule has 4 heteroatoms. The summed E-state index contributed by atoms with van der Waals surface area (Å²) in [6.07, 6.45) is 2.03. The van der Waals surface area contributed by atoms with Crippen molar-refractivity contribution in [3.63, 3.8) is 0 Å². The van der Waals surface area contributed by atoms with Crippen molar-refractivity contribution in [2.75, 3.05) is 12.3 Å². The minimum absolute atomic E-state index is 0.194. The number of hydrogen-bond donors (Lipinski definition) is 1. The summed E-state index contributed by atoms with van der Waals surface area (Å²) in [6.45, 7) is 5.62.